The molecule has 0 bridgehead atoms. The predicted octanol–water partition coefficient (Wildman–Crippen LogP) is 1.47. The Morgan fingerprint density at radius 2 is 2.20 bits per heavy atom. The number of piperazine rings is 1. The Morgan fingerprint density at radius 3 is 2.87 bits per heavy atom. The van der Waals surface area contributed by atoms with Crippen LogP contribution >= 0.6 is 11.6 Å². The molecule has 11 heteroatoms. The van der Waals surface area contributed by atoms with Crippen LogP contribution in [0.15, 0.2) is 6.07 Å². The molecule has 2 aliphatic heterocycles. The standard InChI is InChI=1S/C19H27ClN4O6/c1-19(2)11-29-7-6-24(19)16-15(17(25)28-3)13(8-14(20)22-16)30-10-12-9-23(18(26)27)5-4-21-12/h8,12,21H,4-7,9-11H2,1-3H3,(H,26,27)/t12-/m1/s1. The van der Waals surface area contributed by atoms with Crippen molar-refractivity contribution < 1.29 is 28.9 Å². The Labute approximate surface area is 180 Å². The second kappa shape index (κ2) is 9.23. The van der Waals surface area contributed by atoms with E-state index in [2.05, 4.69) is 10.3 Å². The molecule has 30 heavy (non-hydrogen) atoms. The summed E-state index contributed by atoms with van der Waals surface area (Å²) in [5.74, 6) is 0.0324. The van der Waals surface area contributed by atoms with Crippen molar-refractivity contribution in [2.45, 2.75) is 25.4 Å². The molecule has 2 N–H and O–H groups in total. The summed E-state index contributed by atoms with van der Waals surface area (Å²) in [7, 11) is 1.29. The molecule has 2 saturated heterocycles. The van der Waals surface area contributed by atoms with Gasteiger partial charge in [0.2, 0.25) is 0 Å². The number of carboxylic acid groups (broad SMARTS) is 1. The molecule has 1 atom stereocenters. The number of hydrogen-bond acceptors (Lipinski definition) is 8. The average Bonchev–Trinajstić information content (AvgIpc) is 2.71. The number of aromatic nitrogens is 1. The number of esters is 1. The molecule has 0 unspecified atom stereocenters. The molecule has 0 saturated carbocycles. The summed E-state index contributed by atoms with van der Waals surface area (Å²) in [5.41, 5.74) is -0.231. The van der Waals surface area contributed by atoms with Crippen molar-refractivity contribution in [3.8, 4) is 5.75 Å². The molecule has 3 rings (SSSR count). The van der Waals surface area contributed by atoms with Gasteiger partial charge in [-0.25, -0.2) is 14.6 Å². The summed E-state index contributed by atoms with van der Waals surface area (Å²) in [6.07, 6.45) is -0.972. The minimum Gasteiger partial charge on any atom is -0.491 e. The van der Waals surface area contributed by atoms with Gasteiger partial charge in [0.25, 0.3) is 0 Å². The SMILES string of the molecule is COC(=O)c1c(OC[C@H]2CN(C(=O)O)CCN2)cc(Cl)nc1N1CCOCC1(C)C. The van der Waals surface area contributed by atoms with Gasteiger partial charge in [0.1, 0.15) is 28.9 Å². The van der Waals surface area contributed by atoms with Crippen LogP contribution in [0, 0.1) is 0 Å². The van der Waals surface area contributed by atoms with Gasteiger partial charge in [-0.2, -0.15) is 0 Å². The topological polar surface area (TPSA) is 113 Å². The van der Waals surface area contributed by atoms with E-state index < -0.39 is 17.6 Å². The number of pyridine rings is 1. The maximum Gasteiger partial charge on any atom is 0.407 e. The van der Waals surface area contributed by atoms with E-state index in [1.54, 1.807) is 0 Å². The van der Waals surface area contributed by atoms with E-state index >= 15 is 0 Å². The Hall–Kier alpha value is -2.30. The number of nitrogens with one attached hydrogen (secondary N) is 1. The highest BCUT2D eigenvalue weighted by Crippen LogP contribution is 2.36. The zero-order valence-corrected chi connectivity index (χ0v) is 18.1. The van der Waals surface area contributed by atoms with Crippen molar-refractivity contribution >= 4 is 29.5 Å². The average molecular weight is 443 g/mol. The van der Waals surface area contributed by atoms with E-state index in [0.29, 0.717) is 38.7 Å². The number of anilines is 1. The van der Waals surface area contributed by atoms with Gasteiger partial charge in [-0.1, -0.05) is 11.6 Å². The van der Waals surface area contributed by atoms with E-state index in [1.807, 2.05) is 18.7 Å². The van der Waals surface area contributed by atoms with Crippen LogP contribution < -0.4 is 15.0 Å². The Morgan fingerprint density at radius 1 is 1.43 bits per heavy atom. The molecule has 0 radical (unpaired) electrons. The van der Waals surface area contributed by atoms with Crippen LogP contribution in [0.25, 0.3) is 0 Å². The number of carbonyl (C=O) groups excluding carboxylic acids is 1. The van der Waals surface area contributed by atoms with Gasteiger partial charge in [-0.05, 0) is 13.8 Å². The van der Waals surface area contributed by atoms with E-state index in [1.165, 1.54) is 18.1 Å². The third kappa shape index (κ3) is 4.88. The third-order valence-electron chi connectivity index (χ3n) is 5.19. The minimum absolute atomic E-state index is 0.153. The zero-order valence-electron chi connectivity index (χ0n) is 17.3. The van der Waals surface area contributed by atoms with Crippen molar-refractivity contribution in [1.82, 2.24) is 15.2 Å². The lowest BCUT2D eigenvalue weighted by Crippen LogP contribution is -2.54. The van der Waals surface area contributed by atoms with Gasteiger partial charge in [0.15, 0.2) is 0 Å². The summed E-state index contributed by atoms with van der Waals surface area (Å²) >= 11 is 6.27. The lowest BCUT2D eigenvalue weighted by Gasteiger charge is -2.43. The van der Waals surface area contributed by atoms with Crippen LogP contribution in [0.1, 0.15) is 24.2 Å². The highest BCUT2D eigenvalue weighted by Gasteiger charge is 2.36. The normalized spacial score (nSPS) is 21.3. The second-order valence-electron chi connectivity index (χ2n) is 7.84. The summed E-state index contributed by atoms with van der Waals surface area (Å²) in [5, 5.41) is 12.6. The molecule has 0 spiro atoms. The van der Waals surface area contributed by atoms with Crippen molar-refractivity contribution in [1.29, 1.82) is 0 Å². The number of morpholine rings is 1. The first kappa shape index (κ1) is 22.4. The van der Waals surface area contributed by atoms with Gasteiger partial charge in [-0.3, -0.25) is 0 Å². The van der Waals surface area contributed by atoms with Crippen molar-refractivity contribution in [3.63, 3.8) is 0 Å². The Bertz CT molecular complexity index is 805. The monoisotopic (exact) mass is 442 g/mol. The smallest absolute Gasteiger partial charge is 0.407 e. The summed E-state index contributed by atoms with van der Waals surface area (Å²) in [6.45, 7) is 6.84. The molecular weight excluding hydrogens is 416 g/mol. The van der Waals surface area contributed by atoms with Crippen LogP contribution in [0.4, 0.5) is 10.6 Å². The predicted molar refractivity (Wildman–Crippen MR) is 110 cm³/mol. The van der Waals surface area contributed by atoms with Crippen LogP contribution in [-0.2, 0) is 9.47 Å². The molecule has 2 aliphatic rings. The van der Waals surface area contributed by atoms with Crippen molar-refractivity contribution in [3.05, 3.63) is 16.8 Å². The van der Waals surface area contributed by atoms with Gasteiger partial charge in [0.05, 0.1) is 31.9 Å². The molecule has 1 aromatic rings. The fourth-order valence-corrected chi connectivity index (χ4v) is 3.81. The van der Waals surface area contributed by atoms with Crippen molar-refractivity contribution in [2.75, 3.05) is 58.0 Å². The number of rotatable bonds is 5. The minimum atomic E-state index is -0.972. The number of ether oxygens (including phenoxy) is 3. The molecular formula is C19H27ClN4O6. The number of amides is 1. The quantitative estimate of drug-likeness (QED) is 0.516. The zero-order chi connectivity index (χ0) is 21.9. The molecule has 166 valence electrons. The van der Waals surface area contributed by atoms with Gasteiger partial charge < -0.3 is 34.4 Å². The lowest BCUT2D eigenvalue weighted by molar-refractivity contribution is 0.0576. The highest BCUT2D eigenvalue weighted by atomic mass is 35.5. The Kier molecular flexibility index (Phi) is 6.89. The Balaban J connectivity index is 1.89. The summed E-state index contributed by atoms with van der Waals surface area (Å²) in [6, 6.07) is 1.25. The lowest BCUT2D eigenvalue weighted by atomic mass is 10.0. The fourth-order valence-electron chi connectivity index (χ4n) is 3.64. The van der Waals surface area contributed by atoms with E-state index in [-0.39, 0.29) is 35.7 Å². The largest absolute Gasteiger partial charge is 0.491 e. The van der Waals surface area contributed by atoms with Gasteiger partial charge in [-0.15, -0.1) is 0 Å². The number of methoxy groups -OCH3 is 1. The molecule has 1 amide bonds. The number of nitrogens with zero attached hydrogens (tertiary/aromatic N) is 3. The molecule has 0 aromatic carbocycles. The summed E-state index contributed by atoms with van der Waals surface area (Å²) < 4.78 is 16.5. The maximum absolute atomic E-state index is 12.7. The molecule has 0 aliphatic carbocycles. The van der Waals surface area contributed by atoms with Crippen LogP contribution in [0.2, 0.25) is 5.15 Å². The van der Waals surface area contributed by atoms with Gasteiger partial charge in [0, 0.05) is 32.2 Å². The third-order valence-corrected chi connectivity index (χ3v) is 5.38. The summed E-state index contributed by atoms with van der Waals surface area (Å²) in [4.78, 5) is 31.6. The van der Waals surface area contributed by atoms with Crippen LogP contribution in [-0.4, -0.2) is 91.7 Å². The first-order chi connectivity index (χ1) is 14.2. The molecule has 10 nitrogen and oxygen atoms in total. The van der Waals surface area contributed by atoms with Crippen LogP contribution in [0.3, 0.4) is 0 Å². The van der Waals surface area contributed by atoms with E-state index in [9.17, 15) is 14.7 Å². The second-order valence-corrected chi connectivity index (χ2v) is 8.23. The number of halogens is 1. The molecule has 1 aromatic heterocycles. The fraction of sp³-hybridized carbons (Fsp3) is 0.632. The first-order valence-corrected chi connectivity index (χ1v) is 10.1. The highest BCUT2D eigenvalue weighted by molar-refractivity contribution is 6.29. The number of carbonyl (C=O) groups is 2. The van der Waals surface area contributed by atoms with Crippen molar-refractivity contribution in [2.24, 2.45) is 0 Å². The maximum atomic E-state index is 12.7. The van der Waals surface area contributed by atoms with Crippen LogP contribution in [0.5, 0.6) is 5.75 Å². The molecule has 3 heterocycles. The molecule has 2 fully saturated rings. The first-order valence-electron chi connectivity index (χ1n) is 9.71. The number of hydrogen-bond donors (Lipinski definition) is 2. The van der Waals surface area contributed by atoms with Gasteiger partial charge >= 0.3 is 12.1 Å². The van der Waals surface area contributed by atoms with E-state index in [4.69, 9.17) is 25.8 Å². The van der Waals surface area contributed by atoms with E-state index in [0.717, 1.165) is 0 Å².